The van der Waals surface area contributed by atoms with E-state index >= 15 is 0 Å². The van der Waals surface area contributed by atoms with Crippen LogP contribution in [0.15, 0.2) is 96.2 Å². The number of methoxy groups -OCH3 is 1. The molecule has 5 rings (SSSR count). The first-order valence-electron chi connectivity index (χ1n) is 10.9. The monoisotopic (exact) mass is 658 g/mol. The molecule has 37 heavy (non-hydrogen) atoms. The van der Waals surface area contributed by atoms with Gasteiger partial charge in [-0.15, -0.1) is 0 Å². The predicted octanol–water partition coefficient (Wildman–Crippen LogP) is 7.81. The molecule has 0 saturated carbocycles. The number of carbonyl (C=O) groups excluding carboxylic acids is 1. The summed E-state index contributed by atoms with van der Waals surface area (Å²) < 4.78 is 14.0. The number of aromatic nitrogens is 2. The number of hydrogen-bond acceptors (Lipinski definition) is 6. The van der Waals surface area contributed by atoms with Gasteiger partial charge in [-0.2, -0.15) is 0 Å². The summed E-state index contributed by atoms with van der Waals surface area (Å²) in [6.07, 6.45) is 1.90. The number of rotatable bonds is 7. The van der Waals surface area contributed by atoms with Crippen molar-refractivity contribution in [3.8, 4) is 22.7 Å². The van der Waals surface area contributed by atoms with Crippen molar-refractivity contribution < 1.29 is 13.9 Å². The third-order valence-electron chi connectivity index (χ3n) is 5.55. The van der Waals surface area contributed by atoms with E-state index in [4.69, 9.17) is 25.7 Å². The van der Waals surface area contributed by atoms with Crippen LogP contribution in [0, 0.1) is 0 Å². The molecule has 2 heterocycles. The Morgan fingerprint density at radius 3 is 2.51 bits per heavy atom. The van der Waals surface area contributed by atoms with E-state index in [9.17, 15) is 9.59 Å². The fraction of sp³-hybridized carbons (Fsp3) is 0.0741. The van der Waals surface area contributed by atoms with E-state index in [1.54, 1.807) is 37.4 Å². The number of carbonyl (C=O) groups is 1. The second kappa shape index (κ2) is 10.9. The lowest BCUT2D eigenvalue weighted by Crippen LogP contribution is -2.16. The van der Waals surface area contributed by atoms with Crippen molar-refractivity contribution >= 4 is 72.0 Å². The van der Waals surface area contributed by atoms with Crippen LogP contribution in [0.25, 0.3) is 27.9 Å². The molecule has 3 aromatic carbocycles. The number of fused-ring (bicyclic) bond motifs is 1. The molecular weight excluding hydrogens is 644 g/mol. The summed E-state index contributed by atoms with van der Waals surface area (Å²) in [4.78, 5) is 30.5. The smallest absolute Gasteiger partial charge is 0.347 e. The second-order valence-electron chi connectivity index (χ2n) is 7.95. The van der Waals surface area contributed by atoms with Crippen molar-refractivity contribution in [3.63, 3.8) is 0 Å². The summed E-state index contributed by atoms with van der Waals surface area (Å²) in [5.41, 5.74) is 2.16. The van der Waals surface area contributed by atoms with Gasteiger partial charge in [-0.1, -0.05) is 51.4 Å². The predicted molar refractivity (Wildman–Crippen MR) is 154 cm³/mol. The van der Waals surface area contributed by atoms with Gasteiger partial charge in [0.05, 0.1) is 23.0 Å². The molecule has 0 spiro atoms. The molecular formula is C27H17Br2ClN2O4S. The molecule has 186 valence electrons. The van der Waals surface area contributed by atoms with Crippen molar-refractivity contribution in [1.29, 1.82) is 0 Å². The minimum Gasteiger partial charge on any atom is -0.497 e. The fourth-order valence-electron chi connectivity index (χ4n) is 3.71. The Hall–Kier alpha value is -2.85. The third kappa shape index (κ3) is 5.55. The number of halogens is 3. The van der Waals surface area contributed by atoms with E-state index < -0.39 is 5.63 Å². The topological polar surface area (TPSA) is 74.3 Å². The van der Waals surface area contributed by atoms with Crippen LogP contribution in [0.5, 0.6) is 5.75 Å². The minimum atomic E-state index is -0.679. The molecule has 2 aromatic heterocycles. The Labute approximate surface area is 237 Å². The molecule has 0 bridgehead atoms. The molecule has 0 saturated heterocycles. The Balaban J connectivity index is 1.47. The first-order valence-corrected chi connectivity index (χ1v) is 13.9. The first kappa shape index (κ1) is 25.8. The van der Waals surface area contributed by atoms with E-state index in [0.29, 0.717) is 25.6 Å². The minimum absolute atomic E-state index is 0.00132. The molecule has 0 fully saturated rings. The first-order chi connectivity index (χ1) is 17.8. The molecule has 0 aliphatic carbocycles. The van der Waals surface area contributed by atoms with Crippen LogP contribution < -0.4 is 10.4 Å². The highest BCUT2D eigenvalue weighted by atomic mass is 79.9. The number of benzene rings is 3. The molecule has 0 unspecified atom stereocenters. The summed E-state index contributed by atoms with van der Waals surface area (Å²) in [7, 11) is 1.61. The van der Waals surface area contributed by atoms with E-state index in [1.807, 2.05) is 47.2 Å². The summed E-state index contributed by atoms with van der Waals surface area (Å²) in [5, 5.41) is 1.87. The number of Topliss-reactive ketones (excluding diaryl/α,β-unsaturated/α-hetero) is 1. The average molecular weight is 661 g/mol. The normalized spacial score (nSPS) is 11.1. The molecule has 0 radical (unpaired) electrons. The Morgan fingerprint density at radius 2 is 1.81 bits per heavy atom. The number of ether oxygens (including phenoxy) is 1. The van der Waals surface area contributed by atoms with Gasteiger partial charge in [-0.25, -0.2) is 9.78 Å². The van der Waals surface area contributed by atoms with E-state index in [1.165, 1.54) is 11.8 Å². The quantitative estimate of drug-likeness (QED) is 0.101. The molecule has 5 aromatic rings. The lowest BCUT2D eigenvalue weighted by atomic mass is 10.1. The molecule has 0 amide bonds. The van der Waals surface area contributed by atoms with Crippen LogP contribution in [-0.4, -0.2) is 28.2 Å². The van der Waals surface area contributed by atoms with E-state index in [0.717, 1.165) is 27.2 Å². The van der Waals surface area contributed by atoms with Crippen molar-refractivity contribution in [1.82, 2.24) is 9.55 Å². The molecule has 10 heteroatoms. The Bertz CT molecular complexity index is 1680. The largest absolute Gasteiger partial charge is 0.497 e. The van der Waals surface area contributed by atoms with Gasteiger partial charge in [-0.3, -0.25) is 9.36 Å². The summed E-state index contributed by atoms with van der Waals surface area (Å²) in [5.74, 6) is 0.375. The van der Waals surface area contributed by atoms with Crippen molar-refractivity contribution in [2.45, 2.75) is 5.16 Å². The number of hydrogen-bond donors (Lipinski definition) is 0. The highest BCUT2D eigenvalue weighted by Gasteiger charge is 2.19. The highest BCUT2D eigenvalue weighted by Crippen LogP contribution is 2.31. The van der Waals surface area contributed by atoms with Gasteiger partial charge in [0, 0.05) is 32.3 Å². The van der Waals surface area contributed by atoms with Gasteiger partial charge in [0.25, 0.3) is 0 Å². The van der Waals surface area contributed by atoms with Gasteiger partial charge in [0.15, 0.2) is 16.5 Å². The lowest BCUT2D eigenvalue weighted by Gasteiger charge is -2.08. The second-order valence-corrected chi connectivity index (χ2v) is 11.1. The van der Waals surface area contributed by atoms with E-state index in [-0.39, 0.29) is 17.1 Å². The fourth-order valence-corrected chi connectivity index (χ4v) is 6.05. The van der Waals surface area contributed by atoms with Crippen LogP contribution in [0.1, 0.15) is 10.4 Å². The maximum atomic E-state index is 13.1. The molecule has 0 aliphatic rings. The van der Waals surface area contributed by atoms with Crippen LogP contribution in [0.4, 0.5) is 0 Å². The zero-order valence-electron chi connectivity index (χ0n) is 19.2. The summed E-state index contributed by atoms with van der Waals surface area (Å²) in [6, 6.07) is 20.0. The summed E-state index contributed by atoms with van der Waals surface area (Å²) >= 11 is 14.1. The van der Waals surface area contributed by atoms with Crippen molar-refractivity contribution in [2.24, 2.45) is 0 Å². The number of thioether (sulfide) groups is 1. The van der Waals surface area contributed by atoms with Gasteiger partial charge in [0.2, 0.25) is 0 Å². The van der Waals surface area contributed by atoms with Crippen molar-refractivity contribution in [2.75, 3.05) is 12.9 Å². The van der Waals surface area contributed by atoms with Gasteiger partial charge < -0.3 is 9.15 Å². The molecule has 0 atom stereocenters. The van der Waals surface area contributed by atoms with Crippen LogP contribution in [0.3, 0.4) is 0 Å². The maximum absolute atomic E-state index is 13.1. The molecule has 6 nitrogen and oxygen atoms in total. The number of ketones is 1. The SMILES string of the molecule is COc1ccc(-n2cc(-c3ccc(Cl)cc3)nc2SCC(=O)c2cc3cc(Br)cc(Br)c3oc2=O)cc1. The van der Waals surface area contributed by atoms with Crippen LogP contribution in [0.2, 0.25) is 5.02 Å². The highest BCUT2D eigenvalue weighted by molar-refractivity contribution is 9.11. The Morgan fingerprint density at radius 1 is 1.08 bits per heavy atom. The molecule has 0 aliphatic heterocycles. The van der Waals surface area contributed by atoms with E-state index in [2.05, 4.69) is 31.9 Å². The van der Waals surface area contributed by atoms with Crippen molar-refractivity contribution in [3.05, 3.63) is 103 Å². The zero-order chi connectivity index (χ0) is 26.1. The summed E-state index contributed by atoms with van der Waals surface area (Å²) in [6.45, 7) is 0. The average Bonchev–Trinajstić information content (AvgIpc) is 3.32. The van der Waals surface area contributed by atoms with Gasteiger partial charge in [0.1, 0.15) is 11.3 Å². The third-order valence-corrected chi connectivity index (χ3v) is 7.80. The van der Waals surface area contributed by atoms with Crippen LogP contribution in [-0.2, 0) is 0 Å². The zero-order valence-corrected chi connectivity index (χ0v) is 23.9. The lowest BCUT2D eigenvalue weighted by molar-refractivity contribution is 0.101. The van der Waals surface area contributed by atoms with Gasteiger partial charge in [-0.05, 0) is 70.5 Å². The Kier molecular flexibility index (Phi) is 7.57. The number of imidazole rings is 1. The number of nitrogens with zero attached hydrogens (tertiary/aromatic N) is 2. The maximum Gasteiger partial charge on any atom is 0.347 e. The van der Waals surface area contributed by atoms with Crippen LogP contribution >= 0.6 is 55.2 Å². The molecule has 0 N–H and O–H groups in total. The standard InChI is InChI=1S/C27H17Br2ClN2O4S/c1-35-20-8-6-19(7-9-20)32-13-23(15-2-4-18(30)5-3-15)31-27(32)37-14-24(33)21-11-16-10-17(28)12-22(29)25(16)36-26(21)34/h2-13H,14H2,1H3. The van der Waals surface area contributed by atoms with Gasteiger partial charge >= 0.3 is 5.63 Å².